The minimum atomic E-state index is -0.545. The van der Waals surface area contributed by atoms with E-state index in [1.54, 1.807) is 18.2 Å². The van der Waals surface area contributed by atoms with Crippen molar-refractivity contribution in [1.29, 1.82) is 0 Å². The van der Waals surface area contributed by atoms with E-state index < -0.39 is 5.82 Å². The molecule has 0 saturated heterocycles. The van der Waals surface area contributed by atoms with Crippen molar-refractivity contribution in [3.05, 3.63) is 59.4 Å². The topological polar surface area (TPSA) is 55.1 Å². The van der Waals surface area contributed by atoms with E-state index in [4.69, 9.17) is 5.73 Å². The number of hydrogen-bond donors (Lipinski definition) is 2. The van der Waals surface area contributed by atoms with E-state index in [1.165, 1.54) is 12.1 Å². The fourth-order valence-corrected chi connectivity index (χ4v) is 2.16. The molecular weight excluding hydrogens is 267 g/mol. The van der Waals surface area contributed by atoms with Crippen molar-refractivity contribution in [3.8, 4) is 0 Å². The monoisotopic (exact) mass is 286 g/mol. The number of benzene rings is 2. The molecule has 0 bridgehead atoms. The van der Waals surface area contributed by atoms with Gasteiger partial charge in [-0.15, -0.1) is 0 Å². The van der Waals surface area contributed by atoms with Crippen molar-refractivity contribution in [2.75, 3.05) is 11.1 Å². The fraction of sp³-hybridized carbons (Fsp3) is 0.235. The molecule has 2 aromatic rings. The maximum absolute atomic E-state index is 13.8. The van der Waals surface area contributed by atoms with Crippen molar-refractivity contribution in [2.45, 2.75) is 26.2 Å². The van der Waals surface area contributed by atoms with Crippen LogP contribution in [-0.4, -0.2) is 5.91 Å². The van der Waals surface area contributed by atoms with Gasteiger partial charge in [0, 0.05) is 11.3 Å². The molecule has 21 heavy (non-hydrogen) atoms. The van der Waals surface area contributed by atoms with Crippen LogP contribution in [0.3, 0.4) is 0 Å². The van der Waals surface area contributed by atoms with Crippen LogP contribution >= 0.6 is 0 Å². The molecular formula is C17H19FN2O. The first-order chi connectivity index (χ1) is 9.79. The lowest BCUT2D eigenvalue weighted by Gasteiger charge is -2.22. The van der Waals surface area contributed by atoms with Gasteiger partial charge in [0.1, 0.15) is 5.82 Å². The van der Waals surface area contributed by atoms with E-state index >= 15 is 0 Å². The van der Waals surface area contributed by atoms with E-state index in [1.807, 2.05) is 32.9 Å². The molecule has 0 spiro atoms. The summed E-state index contributed by atoms with van der Waals surface area (Å²) in [5.74, 6) is -0.874. The number of nitrogens with two attached hydrogens (primary N) is 1. The van der Waals surface area contributed by atoms with Crippen LogP contribution in [0.25, 0.3) is 0 Å². The SMILES string of the molecule is CC(C)(C)c1ccccc1C(=O)Nc1ccc(N)cc1F. The number of hydrogen-bond acceptors (Lipinski definition) is 2. The molecule has 4 heteroatoms. The van der Waals surface area contributed by atoms with Crippen molar-refractivity contribution in [2.24, 2.45) is 0 Å². The van der Waals surface area contributed by atoms with Crippen LogP contribution in [0.2, 0.25) is 0 Å². The number of carbonyl (C=O) groups excluding carboxylic acids is 1. The highest BCUT2D eigenvalue weighted by Gasteiger charge is 2.21. The predicted molar refractivity (Wildman–Crippen MR) is 83.9 cm³/mol. The van der Waals surface area contributed by atoms with Gasteiger partial charge in [-0.3, -0.25) is 4.79 Å². The van der Waals surface area contributed by atoms with E-state index in [2.05, 4.69) is 5.32 Å². The van der Waals surface area contributed by atoms with Gasteiger partial charge in [-0.05, 0) is 35.2 Å². The molecule has 0 aliphatic heterocycles. The second kappa shape index (κ2) is 5.56. The average molecular weight is 286 g/mol. The Balaban J connectivity index is 2.33. The summed E-state index contributed by atoms with van der Waals surface area (Å²) < 4.78 is 13.8. The summed E-state index contributed by atoms with van der Waals surface area (Å²) in [5, 5.41) is 2.60. The minimum absolute atomic E-state index is 0.123. The molecule has 0 unspecified atom stereocenters. The maximum Gasteiger partial charge on any atom is 0.256 e. The molecule has 2 aromatic carbocycles. The molecule has 0 atom stereocenters. The van der Waals surface area contributed by atoms with Crippen molar-refractivity contribution < 1.29 is 9.18 Å². The number of nitrogen functional groups attached to an aromatic ring is 1. The van der Waals surface area contributed by atoms with Gasteiger partial charge >= 0.3 is 0 Å². The van der Waals surface area contributed by atoms with Crippen LogP contribution in [0.1, 0.15) is 36.7 Å². The molecule has 0 aliphatic carbocycles. The number of anilines is 2. The Morgan fingerprint density at radius 1 is 1.14 bits per heavy atom. The average Bonchev–Trinajstić information content (AvgIpc) is 2.41. The third kappa shape index (κ3) is 3.40. The zero-order valence-electron chi connectivity index (χ0n) is 12.4. The lowest BCUT2D eigenvalue weighted by molar-refractivity contribution is 0.102. The number of carbonyl (C=O) groups is 1. The highest BCUT2D eigenvalue weighted by molar-refractivity contribution is 6.05. The Kier molecular flexibility index (Phi) is 3.98. The third-order valence-electron chi connectivity index (χ3n) is 3.22. The quantitative estimate of drug-likeness (QED) is 0.821. The summed E-state index contributed by atoms with van der Waals surface area (Å²) in [6.07, 6.45) is 0. The van der Waals surface area contributed by atoms with Crippen molar-refractivity contribution >= 4 is 17.3 Å². The van der Waals surface area contributed by atoms with Gasteiger partial charge in [-0.2, -0.15) is 0 Å². The van der Waals surface area contributed by atoms with Crippen LogP contribution in [0, 0.1) is 5.82 Å². The summed E-state index contributed by atoms with van der Waals surface area (Å²) in [6.45, 7) is 6.09. The van der Waals surface area contributed by atoms with Crippen LogP contribution in [0.15, 0.2) is 42.5 Å². The first-order valence-corrected chi connectivity index (χ1v) is 6.75. The van der Waals surface area contributed by atoms with E-state index in [9.17, 15) is 9.18 Å². The highest BCUT2D eigenvalue weighted by Crippen LogP contribution is 2.26. The largest absolute Gasteiger partial charge is 0.399 e. The summed E-state index contributed by atoms with van der Waals surface area (Å²) >= 11 is 0. The first-order valence-electron chi connectivity index (χ1n) is 6.75. The Hall–Kier alpha value is -2.36. The second-order valence-corrected chi connectivity index (χ2v) is 5.99. The summed E-state index contributed by atoms with van der Waals surface area (Å²) in [5.41, 5.74) is 7.23. The van der Waals surface area contributed by atoms with Gasteiger partial charge in [0.2, 0.25) is 0 Å². The van der Waals surface area contributed by atoms with Crippen molar-refractivity contribution in [1.82, 2.24) is 0 Å². The summed E-state index contributed by atoms with van der Waals surface area (Å²) in [6, 6.07) is 11.5. The van der Waals surface area contributed by atoms with Gasteiger partial charge in [0.05, 0.1) is 5.69 Å². The fourth-order valence-electron chi connectivity index (χ4n) is 2.16. The van der Waals surface area contributed by atoms with E-state index in [0.717, 1.165) is 5.56 Å². The lowest BCUT2D eigenvalue weighted by Crippen LogP contribution is -2.21. The summed E-state index contributed by atoms with van der Waals surface area (Å²) in [7, 11) is 0. The summed E-state index contributed by atoms with van der Waals surface area (Å²) in [4.78, 5) is 12.4. The zero-order chi connectivity index (χ0) is 15.6. The van der Waals surface area contributed by atoms with Gasteiger partial charge in [0.15, 0.2) is 0 Å². The number of nitrogens with one attached hydrogen (secondary N) is 1. The highest BCUT2D eigenvalue weighted by atomic mass is 19.1. The van der Waals surface area contributed by atoms with Gasteiger partial charge < -0.3 is 11.1 Å². The Labute approximate surface area is 124 Å². The van der Waals surface area contributed by atoms with Crippen LogP contribution < -0.4 is 11.1 Å². The molecule has 2 rings (SSSR count). The van der Waals surface area contributed by atoms with E-state index in [0.29, 0.717) is 11.3 Å². The number of amides is 1. The molecule has 110 valence electrons. The molecule has 1 amide bonds. The van der Waals surface area contributed by atoms with Gasteiger partial charge in [0.25, 0.3) is 5.91 Å². The molecule has 0 aliphatic rings. The van der Waals surface area contributed by atoms with Crippen molar-refractivity contribution in [3.63, 3.8) is 0 Å². The van der Waals surface area contributed by atoms with Crippen LogP contribution in [-0.2, 0) is 5.41 Å². The lowest BCUT2D eigenvalue weighted by atomic mass is 9.83. The molecule has 3 N–H and O–H groups in total. The molecule has 0 fully saturated rings. The van der Waals surface area contributed by atoms with Crippen LogP contribution in [0.5, 0.6) is 0 Å². The third-order valence-corrected chi connectivity index (χ3v) is 3.22. The maximum atomic E-state index is 13.8. The first kappa shape index (κ1) is 15.0. The number of rotatable bonds is 2. The number of halogens is 1. The zero-order valence-corrected chi connectivity index (χ0v) is 12.4. The minimum Gasteiger partial charge on any atom is -0.399 e. The predicted octanol–water partition coefficient (Wildman–Crippen LogP) is 3.96. The Morgan fingerprint density at radius 3 is 2.43 bits per heavy atom. The Bertz CT molecular complexity index is 675. The van der Waals surface area contributed by atoms with E-state index in [-0.39, 0.29) is 17.0 Å². The van der Waals surface area contributed by atoms with Gasteiger partial charge in [-0.25, -0.2) is 4.39 Å². The second-order valence-electron chi connectivity index (χ2n) is 5.99. The molecule has 0 heterocycles. The van der Waals surface area contributed by atoms with Gasteiger partial charge in [-0.1, -0.05) is 39.0 Å². The molecule has 0 aromatic heterocycles. The standard InChI is InChI=1S/C17H19FN2O/c1-17(2,3)13-7-5-4-6-12(13)16(21)20-15-9-8-11(19)10-14(15)18/h4-10H,19H2,1-3H3,(H,20,21). The van der Waals surface area contributed by atoms with Crippen LogP contribution in [0.4, 0.5) is 15.8 Å². The molecule has 0 radical (unpaired) electrons. The Morgan fingerprint density at radius 2 is 1.81 bits per heavy atom. The molecule has 0 saturated carbocycles. The normalized spacial score (nSPS) is 11.2. The molecule has 3 nitrogen and oxygen atoms in total. The smallest absolute Gasteiger partial charge is 0.256 e.